The minimum Gasteiger partial charge on any atom is -0.482 e. The highest BCUT2D eigenvalue weighted by Crippen LogP contribution is 2.35. The highest BCUT2D eigenvalue weighted by atomic mass is 32.2. The molecule has 0 bridgehead atoms. The number of anilines is 3. The van der Waals surface area contributed by atoms with Gasteiger partial charge in [-0.25, -0.2) is 18.1 Å². The summed E-state index contributed by atoms with van der Waals surface area (Å²) < 4.78 is 41.4. The lowest BCUT2D eigenvalue weighted by molar-refractivity contribution is 0.0803. The summed E-state index contributed by atoms with van der Waals surface area (Å²) in [6.45, 7) is 11.3. The second-order valence-corrected chi connectivity index (χ2v) is 18.3. The van der Waals surface area contributed by atoms with Gasteiger partial charge in [-0.1, -0.05) is 31.8 Å². The Morgan fingerprint density at radius 2 is 1.88 bits per heavy atom. The topological polar surface area (TPSA) is 133 Å². The van der Waals surface area contributed by atoms with Gasteiger partial charge in [-0.15, -0.1) is 0 Å². The third kappa shape index (κ3) is 8.84. The zero-order valence-corrected chi connectivity index (χ0v) is 25.9. The van der Waals surface area contributed by atoms with E-state index < -0.39 is 24.2 Å². The Morgan fingerprint density at radius 3 is 2.56 bits per heavy atom. The highest BCUT2D eigenvalue weighted by molar-refractivity contribution is 7.92. The van der Waals surface area contributed by atoms with Crippen LogP contribution in [-0.4, -0.2) is 53.6 Å². The van der Waals surface area contributed by atoms with Gasteiger partial charge in [0.1, 0.15) is 30.2 Å². The van der Waals surface area contributed by atoms with Crippen LogP contribution < -0.4 is 14.8 Å². The average Bonchev–Trinajstić information content (AvgIpc) is 3.34. The number of ether oxygens (including phenoxy) is 2. The van der Waals surface area contributed by atoms with Crippen LogP contribution in [0.25, 0.3) is 11.3 Å². The van der Waals surface area contributed by atoms with Gasteiger partial charge in [0.05, 0.1) is 29.0 Å². The van der Waals surface area contributed by atoms with E-state index in [0.717, 1.165) is 17.3 Å². The Labute approximate surface area is 242 Å². The molecule has 0 aliphatic heterocycles. The number of nitrogens with one attached hydrogen (secondary N) is 2. The van der Waals surface area contributed by atoms with E-state index in [9.17, 15) is 8.42 Å². The van der Waals surface area contributed by atoms with E-state index in [2.05, 4.69) is 44.6 Å². The second-order valence-electron chi connectivity index (χ2n) is 10.7. The van der Waals surface area contributed by atoms with Crippen molar-refractivity contribution in [2.45, 2.75) is 52.4 Å². The molecule has 41 heavy (non-hydrogen) atoms. The number of sulfonamides is 1. The number of aromatic nitrogens is 5. The molecule has 3 heterocycles. The van der Waals surface area contributed by atoms with Crippen LogP contribution in [0.2, 0.25) is 25.7 Å². The van der Waals surface area contributed by atoms with Gasteiger partial charge in [-0.2, -0.15) is 5.10 Å². The molecule has 11 nitrogen and oxygen atoms in total. The summed E-state index contributed by atoms with van der Waals surface area (Å²) in [5.74, 6) is 1.54. The summed E-state index contributed by atoms with van der Waals surface area (Å²) in [5.41, 5.74) is 2.43. The number of hydrogen-bond donors (Lipinski definition) is 2. The standard InChI is InChI=1S/C28H37N7O4SSi/c1-6-40(36,37)34-24-11-10-22(17-26(24)39-21(2)23-9-7-8-12-30-23)25-18-28(32-27-19-29-13-14-31-27)35(33-25)20-38-15-16-41(3,4)5/h7-14,17-19,21,34H,6,15-16,20H2,1-5H3,(H,31,32)/t21-/m0/s1. The SMILES string of the molecule is CCS(=O)(=O)Nc1ccc(-c2cc(Nc3cnccn3)n(COCC[Si](C)(C)C)n2)cc1O[C@@H](C)c1ccccn1. The van der Waals surface area contributed by atoms with Crippen LogP contribution in [0, 0.1) is 0 Å². The summed E-state index contributed by atoms with van der Waals surface area (Å²) in [6.07, 6.45) is 6.10. The quantitative estimate of drug-likeness (QED) is 0.139. The summed E-state index contributed by atoms with van der Waals surface area (Å²) in [7, 11) is -4.78. The lowest BCUT2D eigenvalue weighted by Gasteiger charge is -2.18. The maximum absolute atomic E-state index is 12.4. The van der Waals surface area contributed by atoms with Crippen molar-refractivity contribution in [3.63, 3.8) is 0 Å². The van der Waals surface area contributed by atoms with E-state index in [1.807, 2.05) is 31.2 Å². The second kappa shape index (κ2) is 13.2. The van der Waals surface area contributed by atoms with E-state index in [1.165, 1.54) is 0 Å². The van der Waals surface area contributed by atoms with Crippen LogP contribution in [0.15, 0.2) is 67.3 Å². The fraction of sp³-hybridized carbons (Fsp3) is 0.357. The molecule has 0 unspecified atom stereocenters. The van der Waals surface area contributed by atoms with Crippen LogP contribution in [0.3, 0.4) is 0 Å². The van der Waals surface area contributed by atoms with Crippen molar-refractivity contribution < 1.29 is 17.9 Å². The average molecular weight is 596 g/mol. The molecule has 4 aromatic rings. The molecule has 0 saturated heterocycles. The van der Waals surface area contributed by atoms with Crippen molar-refractivity contribution in [1.29, 1.82) is 0 Å². The lowest BCUT2D eigenvalue weighted by Crippen LogP contribution is -2.22. The van der Waals surface area contributed by atoms with E-state index in [1.54, 1.807) is 54.6 Å². The van der Waals surface area contributed by atoms with Crippen LogP contribution in [0.5, 0.6) is 5.75 Å². The van der Waals surface area contributed by atoms with Crippen molar-refractivity contribution in [1.82, 2.24) is 24.7 Å². The minimum absolute atomic E-state index is 0.0660. The fourth-order valence-corrected chi connectivity index (χ4v) is 5.16. The van der Waals surface area contributed by atoms with Gasteiger partial charge in [0.25, 0.3) is 0 Å². The van der Waals surface area contributed by atoms with Gasteiger partial charge < -0.3 is 14.8 Å². The maximum Gasteiger partial charge on any atom is 0.232 e. The number of nitrogens with zero attached hydrogens (tertiary/aromatic N) is 5. The molecular weight excluding hydrogens is 559 g/mol. The summed E-state index contributed by atoms with van der Waals surface area (Å²) in [6, 6.07) is 13.8. The molecule has 1 atom stereocenters. The van der Waals surface area contributed by atoms with E-state index >= 15 is 0 Å². The predicted molar refractivity (Wildman–Crippen MR) is 163 cm³/mol. The summed E-state index contributed by atoms with van der Waals surface area (Å²) in [5, 5.41) is 8.06. The Hall–Kier alpha value is -3.81. The van der Waals surface area contributed by atoms with Crippen LogP contribution in [0.4, 0.5) is 17.3 Å². The molecule has 0 radical (unpaired) electrons. The molecule has 13 heteroatoms. The van der Waals surface area contributed by atoms with Crippen molar-refractivity contribution in [2.24, 2.45) is 0 Å². The normalized spacial score (nSPS) is 12.6. The number of pyridine rings is 1. The molecule has 3 aromatic heterocycles. The monoisotopic (exact) mass is 595 g/mol. The molecular formula is C28H37N7O4SSi. The minimum atomic E-state index is -3.54. The molecule has 218 valence electrons. The molecule has 0 saturated carbocycles. The maximum atomic E-state index is 12.4. The van der Waals surface area contributed by atoms with Gasteiger partial charge in [-0.3, -0.25) is 14.7 Å². The van der Waals surface area contributed by atoms with Gasteiger partial charge in [0.2, 0.25) is 10.0 Å². The van der Waals surface area contributed by atoms with Crippen molar-refractivity contribution in [3.05, 3.63) is 72.9 Å². The molecule has 0 amide bonds. The smallest absolute Gasteiger partial charge is 0.232 e. The van der Waals surface area contributed by atoms with Crippen LogP contribution in [0.1, 0.15) is 25.6 Å². The van der Waals surface area contributed by atoms with Gasteiger partial charge >= 0.3 is 0 Å². The van der Waals surface area contributed by atoms with Crippen molar-refractivity contribution >= 4 is 35.4 Å². The number of hydrogen-bond acceptors (Lipinski definition) is 9. The van der Waals surface area contributed by atoms with E-state index in [4.69, 9.17) is 14.6 Å². The Bertz CT molecular complexity index is 1530. The third-order valence-corrected chi connectivity index (χ3v) is 9.14. The first-order valence-corrected chi connectivity index (χ1v) is 18.8. The largest absolute Gasteiger partial charge is 0.482 e. The molecule has 0 aliphatic carbocycles. The first kappa shape index (κ1) is 30.2. The van der Waals surface area contributed by atoms with Gasteiger partial charge in [0, 0.05) is 44.9 Å². The first-order valence-electron chi connectivity index (χ1n) is 13.4. The Kier molecular flexibility index (Phi) is 9.73. The van der Waals surface area contributed by atoms with E-state index in [0.29, 0.717) is 35.4 Å². The van der Waals surface area contributed by atoms with Crippen molar-refractivity contribution in [2.75, 3.05) is 22.4 Å². The summed E-state index contributed by atoms with van der Waals surface area (Å²) in [4.78, 5) is 12.8. The predicted octanol–water partition coefficient (Wildman–Crippen LogP) is 5.69. The van der Waals surface area contributed by atoms with Gasteiger partial charge in [-0.05, 0) is 44.2 Å². The van der Waals surface area contributed by atoms with Gasteiger partial charge in [0.15, 0.2) is 0 Å². The molecule has 0 spiro atoms. The van der Waals surface area contributed by atoms with Crippen molar-refractivity contribution in [3.8, 4) is 17.0 Å². The van der Waals surface area contributed by atoms with E-state index in [-0.39, 0.29) is 12.5 Å². The molecule has 0 aliphatic rings. The first-order chi connectivity index (χ1) is 19.5. The highest BCUT2D eigenvalue weighted by Gasteiger charge is 2.19. The zero-order valence-electron chi connectivity index (χ0n) is 24.0. The Balaban J connectivity index is 1.67. The summed E-state index contributed by atoms with van der Waals surface area (Å²) >= 11 is 0. The molecule has 0 fully saturated rings. The lowest BCUT2D eigenvalue weighted by atomic mass is 10.1. The van der Waals surface area contributed by atoms with Crippen LogP contribution in [-0.2, 0) is 21.5 Å². The Morgan fingerprint density at radius 1 is 1.05 bits per heavy atom. The molecule has 4 rings (SSSR count). The number of benzene rings is 1. The molecule has 2 N–H and O–H groups in total. The fourth-order valence-electron chi connectivity index (χ4n) is 3.75. The zero-order chi connectivity index (χ0) is 29.5. The number of rotatable bonds is 14. The van der Waals surface area contributed by atoms with Crippen LogP contribution >= 0.6 is 0 Å². The third-order valence-electron chi connectivity index (χ3n) is 6.14. The molecule has 1 aromatic carbocycles.